The lowest BCUT2D eigenvalue weighted by Gasteiger charge is -2.36. The molecule has 2 aromatic carbocycles. The van der Waals surface area contributed by atoms with E-state index in [1.165, 1.54) is 78.8 Å². The van der Waals surface area contributed by atoms with Crippen LogP contribution in [0.4, 0.5) is 18.9 Å². The minimum absolute atomic E-state index is 0.00112. The van der Waals surface area contributed by atoms with E-state index in [1.54, 1.807) is 0 Å². The van der Waals surface area contributed by atoms with Crippen molar-refractivity contribution >= 4 is 57.4 Å². The number of alkyl halides is 3. The number of aliphatic hydroxyl groups is 1. The summed E-state index contributed by atoms with van der Waals surface area (Å²) >= 11 is 0. The molecular weight excluding hydrogens is 828 g/mol. The maximum absolute atomic E-state index is 14.1. The number of anilines is 1. The van der Waals surface area contributed by atoms with Gasteiger partial charge in [0.05, 0.1) is 39.8 Å². The summed E-state index contributed by atoms with van der Waals surface area (Å²) in [6.07, 6.45) is -1.35. The lowest BCUT2D eigenvalue weighted by molar-refractivity contribution is -0.136. The first-order valence-corrected chi connectivity index (χ1v) is 20.5. The van der Waals surface area contributed by atoms with Crippen LogP contribution in [0, 0.1) is 0 Å². The molecule has 4 aliphatic rings. The van der Waals surface area contributed by atoms with Crippen LogP contribution in [0.25, 0.3) is 0 Å². The molecule has 4 heterocycles. The fraction of sp³-hybridized carbons (Fsp3) is 0.410. The smallest absolute Gasteiger partial charge is 0.416 e. The van der Waals surface area contributed by atoms with Gasteiger partial charge in [0.25, 0.3) is 17.7 Å². The molecule has 2 atom stereocenters. The summed E-state index contributed by atoms with van der Waals surface area (Å²) < 4.78 is 76.2. The summed E-state index contributed by atoms with van der Waals surface area (Å²) in [4.78, 5) is 72.7. The molecule has 2 aromatic rings. The molecule has 326 valence electrons. The number of sulfonamides is 1. The van der Waals surface area contributed by atoms with E-state index in [2.05, 4.69) is 25.9 Å². The van der Waals surface area contributed by atoms with Crippen molar-refractivity contribution in [3.05, 3.63) is 77.1 Å². The molecule has 2 saturated heterocycles. The van der Waals surface area contributed by atoms with Crippen LogP contribution in [-0.2, 0) is 24.4 Å². The largest absolute Gasteiger partial charge is 0.484 e. The van der Waals surface area contributed by atoms with Crippen LogP contribution >= 0.6 is 0 Å². The van der Waals surface area contributed by atoms with E-state index in [0.29, 0.717) is 24.7 Å². The van der Waals surface area contributed by atoms with Crippen LogP contribution < -0.4 is 26.4 Å². The van der Waals surface area contributed by atoms with Gasteiger partial charge in [-0.2, -0.15) is 17.5 Å². The Kier molecular flexibility index (Phi) is 12.7. The molecule has 0 saturated carbocycles. The number of nitrogens with two attached hydrogens (primary N) is 1. The lowest BCUT2D eigenvalue weighted by Crippen LogP contribution is -2.54. The number of nitrogens with zero attached hydrogens (tertiary/aromatic N) is 5. The number of carbonyl (C=O) groups is 5. The number of rotatable bonds is 12. The first kappa shape index (κ1) is 44.4. The third-order valence-electron chi connectivity index (χ3n) is 10.2. The van der Waals surface area contributed by atoms with E-state index in [4.69, 9.17) is 10.5 Å². The highest BCUT2D eigenvalue weighted by atomic mass is 32.2. The van der Waals surface area contributed by atoms with Gasteiger partial charge in [-0.1, -0.05) is 0 Å². The van der Waals surface area contributed by atoms with E-state index in [-0.39, 0.29) is 71.8 Å². The minimum atomic E-state index is -4.76. The number of aliphatic imine (C=N–C) groups is 2. The highest BCUT2D eigenvalue weighted by Crippen LogP contribution is 2.36. The molecule has 6 N–H and O–H groups in total. The zero-order valence-electron chi connectivity index (χ0n) is 33.2. The Hall–Kier alpha value is -6.13. The van der Waals surface area contributed by atoms with Crippen molar-refractivity contribution in [2.24, 2.45) is 15.7 Å². The van der Waals surface area contributed by atoms with Gasteiger partial charge in [-0.05, 0) is 75.6 Å². The van der Waals surface area contributed by atoms with Gasteiger partial charge in [-0.25, -0.2) is 13.4 Å². The fourth-order valence-corrected chi connectivity index (χ4v) is 8.61. The third-order valence-corrected chi connectivity index (χ3v) is 12.2. The Morgan fingerprint density at radius 3 is 2.34 bits per heavy atom. The number of piperidine rings is 2. The zero-order valence-corrected chi connectivity index (χ0v) is 34.0. The number of ether oxygens (including phenoxy) is 1. The van der Waals surface area contributed by atoms with Gasteiger partial charge in [0, 0.05) is 62.5 Å². The van der Waals surface area contributed by atoms with Gasteiger partial charge < -0.3 is 31.1 Å². The highest BCUT2D eigenvalue weighted by Gasteiger charge is 2.46. The standard InChI is InChI=1S/C39H44F3N9O9S/c1-38(2,57)21-44-18-22(17-43)33-29(39(40,41)42)19-45-37(49(33)3)47-23-4-7-26(8-5-23)61(58,59)50-14-12-24(13-15-50)46-32(53)20-60-25-6-9-27-28(16-25)36(56)51(35(27)55)30-10-11-31(52)48-34(30)54/h4-9,16-19,24,30,33,57H,10-15,20-21,43H2,1-3H3,(H,45,47)(H,46,53)(H,48,52,54)/b22-17+,44-18?. The van der Waals surface area contributed by atoms with Crippen molar-refractivity contribution in [2.75, 3.05) is 38.6 Å². The second-order valence-corrected chi connectivity index (χ2v) is 17.3. The molecule has 0 aromatic heterocycles. The number of hydrogen-bond acceptors (Lipinski definition) is 14. The summed E-state index contributed by atoms with van der Waals surface area (Å²) in [5.41, 5.74) is 3.92. The molecule has 0 bridgehead atoms. The third kappa shape index (κ3) is 9.92. The van der Waals surface area contributed by atoms with Crippen LogP contribution in [0.3, 0.4) is 0 Å². The van der Waals surface area contributed by atoms with Crippen molar-refractivity contribution in [3.63, 3.8) is 0 Å². The number of hydrogen-bond donors (Lipinski definition) is 5. The molecule has 0 aliphatic carbocycles. The molecule has 0 radical (unpaired) electrons. The molecule has 61 heavy (non-hydrogen) atoms. The van der Waals surface area contributed by atoms with Gasteiger partial charge in [-0.3, -0.25) is 39.2 Å². The van der Waals surface area contributed by atoms with Crippen LogP contribution in [0.1, 0.15) is 60.2 Å². The SMILES string of the molecule is CN1C(Nc2ccc(S(=O)(=O)N3CCC(NC(=O)COc4ccc5c(c4)C(=O)N(C4CCC(=O)NC4=O)C5=O)CC3)cc2)=NC=C(C(F)(F)F)C1/C(C=NCC(C)(C)O)=C/N. The number of imide groups is 2. The Morgan fingerprint density at radius 2 is 1.72 bits per heavy atom. The summed E-state index contributed by atoms with van der Waals surface area (Å²) in [6.45, 7) is 2.65. The predicted molar refractivity (Wildman–Crippen MR) is 214 cm³/mol. The molecule has 2 unspecified atom stereocenters. The Labute approximate surface area is 348 Å². The first-order chi connectivity index (χ1) is 28.7. The summed E-state index contributed by atoms with van der Waals surface area (Å²) in [6, 6.07) is 6.73. The Bertz CT molecular complexity index is 2330. The van der Waals surface area contributed by atoms with Gasteiger partial charge >= 0.3 is 6.18 Å². The van der Waals surface area contributed by atoms with Crippen LogP contribution in [0.2, 0.25) is 0 Å². The van der Waals surface area contributed by atoms with E-state index in [1.807, 2.05) is 0 Å². The second-order valence-electron chi connectivity index (χ2n) is 15.3. The van der Waals surface area contributed by atoms with Crippen molar-refractivity contribution in [1.29, 1.82) is 0 Å². The van der Waals surface area contributed by atoms with Crippen molar-refractivity contribution in [1.82, 2.24) is 24.7 Å². The molecule has 0 spiro atoms. The number of amides is 5. The zero-order chi connectivity index (χ0) is 44.4. The number of nitrogens with one attached hydrogen (secondary N) is 3. The van der Waals surface area contributed by atoms with E-state index >= 15 is 0 Å². The summed E-state index contributed by atoms with van der Waals surface area (Å²) in [5.74, 6) is -3.00. The van der Waals surface area contributed by atoms with Crippen molar-refractivity contribution in [2.45, 2.75) is 74.3 Å². The summed E-state index contributed by atoms with van der Waals surface area (Å²) in [7, 11) is -2.59. The minimum Gasteiger partial charge on any atom is -0.484 e. The number of fused-ring (bicyclic) bond motifs is 1. The van der Waals surface area contributed by atoms with Gasteiger partial charge in [0.2, 0.25) is 27.8 Å². The number of halogens is 3. The van der Waals surface area contributed by atoms with Gasteiger partial charge in [0.15, 0.2) is 6.61 Å². The Balaban J connectivity index is 1.01. The molecule has 5 amide bonds. The molecule has 4 aliphatic heterocycles. The molecular formula is C39H44F3N9O9S. The predicted octanol–water partition coefficient (Wildman–Crippen LogP) is 1.65. The number of likely N-dealkylation sites (N-methyl/N-ethyl adjacent to an activating group) is 1. The van der Waals surface area contributed by atoms with E-state index in [0.717, 1.165) is 11.1 Å². The van der Waals surface area contributed by atoms with Gasteiger partial charge in [-0.15, -0.1) is 0 Å². The highest BCUT2D eigenvalue weighted by molar-refractivity contribution is 7.89. The van der Waals surface area contributed by atoms with Crippen LogP contribution in [-0.4, -0.2) is 133 Å². The normalized spacial score (nSPS) is 21.0. The number of guanidine groups is 1. The van der Waals surface area contributed by atoms with E-state index < -0.39 is 75.6 Å². The average molecular weight is 872 g/mol. The molecule has 6 rings (SSSR count). The van der Waals surface area contributed by atoms with Gasteiger partial charge in [0.1, 0.15) is 11.8 Å². The Morgan fingerprint density at radius 1 is 1.05 bits per heavy atom. The monoisotopic (exact) mass is 871 g/mol. The molecule has 18 nitrogen and oxygen atoms in total. The number of benzene rings is 2. The average Bonchev–Trinajstić information content (AvgIpc) is 3.44. The van der Waals surface area contributed by atoms with Crippen molar-refractivity contribution < 1.29 is 55.4 Å². The maximum Gasteiger partial charge on any atom is 0.416 e. The lowest BCUT2D eigenvalue weighted by atomic mass is 9.97. The maximum atomic E-state index is 14.1. The van der Waals surface area contributed by atoms with Crippen molar-refractivity contribution in [3.8, 4) is 5.75 Å². The molecule has 2 fully saturated rings. The molecule has 22 heteroatoms. The number of carbonyl (C=O) groups excluding carboxylic acids is 5. The second kappa shape index (κ2) is 17.5. The first-order valence-electron chi connectivity index (χ1n) is 19.0. The van der Waals surface area contributed by atoms with Crippen LogP contribution in [0.5, 0.6) is 5.75 Å². The summed E-state index contributed by atoms with van der Waals surface area (Å²) in [5, 5.41) is 17.8. The quantitative estimate of drug-likeness (QED) is 0.151. The fourth-order valence-electron chi connectivity index (χ4n) is 7.14. The topological polar surface area (TPSA) is 246 Å². The van der Waals surface area contributed by atoms with E-state index in [9.17, 15) is 50.7 Å². The van der Waals surface area contributed by atoms with Crippen LogP contribution in [0.15, 0.2) is 80.9 Å².